The topological polar surface area (TPSA) is 40.5 Å². The molecule has 2 heteroatoms. The number of phenols is 1. The first-order valence-electron chi connectivity index (χ1n) is 8.79. The second-order valence-corrected chi connectivity index (χ2v) is 7.89. The summed E-state index contributed by atoms with van der Waals surface area (Å²) in [6, 6.07) is 7.81. The van der Waals surface area contributed by atoms with Crippen molar-refractivity contribution in [2.24, 2.45) is 23.7 Å². The Labute approximate surface area is 139 Å². The van der Waals surface area contributed by atoms with Gasteiger partial charge >= 0.3 is 0 Å². The van der Waals surface area contributed by atoms with Gasteiger partial charge in [0.2, 0.25) is 0 Å². The van der Waals surface area contributed by atoms with Crippen LogP contribution < -0.4 is 0 Å². The smallest absolute Gasteiger partial charge is 0.115 e. The molecular formula is C21H28O2. The van der Waals surface area contributed by atoms with E-state index in [4.69, 9.17) is 0 Å². The van der Waals surface area contributed by atoms with Crippen LogP contribution in [0.15, 0.2) is 48.3 Å². The molecule has 2 nitrogen and oxygen atoms in total. The lowest BCUT2D eigenvalue weighted by atomic mass is 9.54. The third-order valence-electron chi connectivity index (χ3n) is 5.78. The summed E-state index contributed by atoms with van der Waals surface area (Å²) in [5.41, 5.74) is 1.41. The summed E-state index contributed by atoms with van der Waals surface area (Å²) in [4.78, 5) is 0. The van der Waals surface area contributed by atoms with E-state index < -0.39 is 0 Å². The van der Waals surface area contributed by atoms with Crippen molar-refractivity contribution in [1.82, 2.24) is 0 Å². The molecule has 1 fully saturated rings. The van der Waals surface area contributed by atoms with Crippen molar-refractivity contribution in [3.05, 3.63) is 53.8 Å². The lowest BCUT2D eigenvalue weighted by molar-refractivity contribution is 0.118. The van der Waals surface area contributed by atoms with Gasteiger partial charge in [-0.1, -0.05) is 39.0 Å². The van der Waals surface area contributed by atoms with E-state index >= 15 is 0 Å². The van der Waals surface area contributed by atoms with Crippen LogP contribution in [-0.4, -0.2) is 10.2 Å². The monoisotopic (exact) mass is 312 g/mol. The Morgan fingerprint density at radius 3 is 2.13 bits per heavy atom. The second kappa shape index (κ2) is 6.07. The molecule has 1 saturated carbocycles. The fourth-order valence-corrected chi connectivity index (χ4v) is 5.17. The van der Waals surface area contributed by atoms with Crippen molar-refractivity contribution in [2.45, 2.75) is 45.4 Å². The van der Waals surface area contributed by atoms with Crippen LogP contribution in [0, 0.1) is 23.7 Å². The zero-order valence-corrected chi connectivity index (χ0v) is 14.4. The quantitative estimate of drug-likeness (QED) is 0.772. The molecule has 0 spiro atoms. The Balaban J connectivity index is 2.07. The Morgan fingerprint density at radius 1 is 0.957 bits per heavy atom. The summed E-state index contributed by atoms with van der Waals surface area (Å²) in [6.45, 7) is 6.92. The third-order valence-corrected chi connectivity index (χ3v) is 5.78. The molecule has 1 aromatic carbocycles. The van der Waals surface area contributed by atoms with Gasteiger partial charge in [0.05, 0.1) is 0 Å². The number of hydrogen-bond acceptors (Lipinski definition) is 2. The van der Waals surface area contributed by atoms with E-state index in [1.807, 2.05) is 24.3 Å². The fourth-order valence-electron chi connectivity index (χ4n) is 5.17. The van der Waals surface area contributed by atoms with E-state index in [-0.39, 0.29) is 5.41 Å². The highest BCUT2D eigenvalue weighted by Crippen LogP contribution is 2.52. The van der Waals surface area contributed by atoms with Gasteiger partial charge in [-0.2, -0.15) is 0 Å². The number of benzene rings is 1. The van der Waals surface area contributed by atoms with Gasteiger partial charge in [-0.3, -0.25) is 0 Å². The number of hydrogen-bond donors (Lipinski definition) is 2. The largest absolute Gasteiger partial charge is 0.508 e. The highest BCUT2D eigenvalue weighted by Gasteiger charge is 2.46. The Bertz CT molecular complexity index is 601. The third kappa shape index (κ3) is 3.04. The molecule has 2 aliphatic rings. The number of phenolic OH excluding ortho intramolecular Hbond substituents is 1. The average Bonchev–Trinajstić information content (AvgIpc) is 2.46. The predicted molar refractivity (Wildman–Crippen MR) is 94.5 cm³/mol. The van der Waals surface area contributed by atoms with Gasteiger partial charge in [0.15, 0.2) is 0 Å². The van der Waals surface area contributed by atoms with Crippen molar-refractivity contribution < 1.29 is 10.2 Å². The van der Waals surface area contributed by atoms with Gasteiger partial charge in [-0.15, -0.1) is 0 Å². The maximum atomic E-state index is 9.83. The number of aliphatic hydroxyl groups excluding tert-OH is 1. The van der Waals surface area contributed by atoms with Crippen LogP contribution in [-0.2, 0) is 5.41 Å². The Morgan fingerprint density at radius 2 is 1.57 bits per heavy atom. The predicted octanol–water partition coefficient (Wildman–Crippen LogP) is 5.35. The van der Waals surface area contributed by atoms with E-state index in [0.717, 1.165) is 12.8 Å². The number of allylic oxidation sites excluding steroid dienone is 3. The molecule has 124 valence electrons. The molecule has 0 bridgehead atoms. The van der Waals surface area contributed by atoms with Gasteiger partial charge < -0.3 is 10.2 Å². The molecule has 2 aliphatic carbocycles. The van der Waals surface area contributed by atoms with Crippen LogP contribution in [0.2, 0.25) is 0 Å². The molecule has 0 radical (unpaired) electrons. The summed E-state index contributed by atoms with van der Waals surface area (Å²) in [6.07, 6.45) is 9.66. The van der Waals surface area contributed by atoms with Crippen molar-refractivity contribution in [2.75, 3.05) is 0 Å². The van der Waals surface area contributed by atoms with Crippen molar-refractivity contribution >= 4 is 0 Å². The minimum absolute atomic E-state index is 0.0812. The van der Waals surface area contributed by atoms with Crippen LogP contribution in [0.25, 0.3) is 0 Å². The lowest BCUT2D eigenvalue weighted by Gasteiger charge is -2.49. The van der Waals surface area contributed by atoms with Crippen molar-refractivity contribution in [3.63, 3.8) is 0 Å². The molecule has 23 heavy (non-hydrogen) atoms. The summed E-state index contributed by atoms with van der Waals surface area (Å²) < 4.78 is 0. The molecule has 0 amide bonds. The maximum absolute atomic E-state index is 9.83. The summed E-state index contributed by atoms with van der Waals surface area (Å²) >= 11 is 0. The number of rotatable bonds is 2. The Kier molecular flexibility index (Phi) is 4.27. The minimum atomic E-state index is 0.0812. The van der Waals surface area contributed by atoms with E-state index in [2.05, 4.69) is 39.0 Å². The molecule has 0 aliphatic heterocycles. The number of aromatic hydroxyl groups is 1. The summed E-state index contributed by atoms with van der Waals surface area (Å²) in [5.74, 6) is 2.77. The van der Waals surface area contributed by atoms with E-state index in [1.165, 1.54) is 12.0 Å². The van der Waals surface area contributed by atoms with Crippen LogP contribution >= 0.6 is 0 Å². The SMILES string of the molecule is CC1CC(C)CC(c2ccc(O)cc2)(C2C=CC(O)=CC2C)C1. The van der Waals surface area contributed by atoms with E-state index in [0.29, 0.717) is 35.2 Å². The molecule has 1 aromatic rings. The molecule has 0 aromatic heterocycles. The average molecular weight is 312 g/mol. The molecule has 4 atom stereocenters. The fraction of sp³-hybridized carbons (Fsp3) is 0.524. The molecule has 3 rings (SSSR count). The minimum Gasteiger partial charge on any atom is -0.508 e. The van der Waals surface area contributed by atoms with Gasteiger partial charge in [-0.25, -0.2) is 0 Å². The molecule has 2 N–H and O–H groups in total. The summed E-state index contributed by atoms with van der Waals surface area (Å²) in [7, 11) is 0. The first-order valence-corrected chi connectivity index (χ1v) is 8.79. The van der Waals surface area contributed by atoms with E-state index in [9.17, 15) is 10.2 Å². The lowest BCUT2D eigenvalue weighted by Crippen LogP contribution is -2.44. The van der Waals surface area contributed by atoms with Gasteiger partial charge in [0.25, 0.3) is 0 Å². The van der Waals surface area contributed by atoms with Crippen molar-refractivity contribution in [3.8, 4) is 5.75 Å². The standard InChI is InChI=1S/C21H28O2/c1-14-10-15(2)13-21(12-14,17-4-6-18(22)7-5-17)20-9-8-19(23)11-16(20)3/h4-9,11,14-16,20,22-23H,10,12-13H2,1-3H3. The Hall–Kier alpha value is -1.70. The number of aliphatic hydroxyl groups is 1. The van der Waals surface area contributed by atoms with E-state index in [1.54, 1.807) is 0 Å². The second-order valence-electron chi connectivity index (χ2n) is 7.89. The van der Waals surface area contributed by atoms with Crippen LogP contribution in [0.4, 0.5) is 0 Å². The van der Waals surface area contributed by atoms with Crippen LogP contribution in [0.5, 0.6) is 5.75 Å². The zero-order valence-electron chi connectivity index (χ0n) is 14.4. The molecule has 4 unspecified atom stereocenters. The van der Waals surface area contributed by atoms with Crippen LogP contribution in [0.3, 0.4) is 0 Å². The van der Waals surface area contributed by atoms with Crippen molar-refractivity contribution in [1.29, 1.82) is 0 Å². The zero-order chi connectivity index (χ0) is 16.6. The first kappa shape index (κ1) is 16.2. The molecular weight excluding hydrogens is 284 g/mol. The normalized spacial score (nSPS) is 37.4. The molecule has 0 heterocycles. The molecule has 0 saturated heterocycles. The van der Waals surface area contributed by atoms with Gasteiger partial charge in [0, 0.05) is 5.41 Å². The highest BCUT2D eigenvalue weighted by atomic mass is 16.3. The van der Waals surface area contributed by atoms with Gasteiger partial charge in [0.1, 0.15) is 11.5 Å². The van der Waals surface area contributed by atoms with Gasteiger partial charge in [-0.05, 0) is 72.8 Å². The summed E-state index contributed by atoms with van der Waals surface area (Å²) in [5, 5.41) is 19.5. The first-order chi connectivity index (χ1) is 10.9. The highest BCUT2D eigenvalue weighted by molar-refractivity contribution is 5.36. The maximum Gasteiger partial charge on any atom is 0.115 e. The van der Waals surface area contributed by atoms with Crippen LogP contribution in [0.1, 0.15) is 45.6 Å².